The van der Waals surface area contributed by atoms with Crippen molar-refractivity contribution in [1.29, 1.82) is 0 Å². The van der Waals surface area contributed by atoms with E-state index in [0.717, 1.165) is 32.2 Å². The maximum atomic E-state index is 12.5. The summed E-state index contributed by atoms with van der Waals surface area (Å²) < 4.78 is 0. The van der Waals surface area contributed by atoms with Crippen molar-refractivity contribution in [3.63, 3.8) is 0 Å². The van der Waals surface area contributed by atoms with Crippen molar-refractivity contribution < 1.29 is 9.59 Å². The number of pyridine rings is 1. The maximum absolute atomic E-state index is 12.5. The molecule has 1 aromatic rings. The van der Waals surface area contributed by atoms with Crippen molar-refractivity contribution in [2.24, 2.45) is 11.3 Å². The second-order valence-corrected chi connectivity index (χ2v) is 7.63. The number of piperidine rings is 1. The third-order valence-corrected chi connectivity index (χ3v) is 5.80. The molecule has 0 radical (unpaired) electrons. The standard InChI is InChI=1S/C20H25N3O2/c24-18-8-10-20(14-22-19(25)16-4-3-11-21-12-16)9-2-1-5-17(20)23(18)13-15-6-7-15/h3-5,11-12,15H,1-2,6-10,13-14H2,(H,22,25). The van der Waals surface area contributed by atoms with Crippen LogP contribution in [-0.4, -0.2) is 34.8 Å². The molecular weight excluding hydrogens is 314 g/mol. The molecule has 2 aliphatic carbocycles. The van der Waals surface area contributed by atoms with Gasteiger partial charge in [-0.2, -0.15) is 0 Å². The van der Waals surface area contributed by atoms with Gasteiger partial charge in [-0.25, -0.2) is 0 Å². The Balaban J connectivity index is 1.51. The number of hydrogen-bond acceptors (Lipinski definition) is 3. The summed E-state index contributed by atoms with van der Waals surface area (Å²) in [5.41, 5.74) is 1.68. The highest BCUT2D eigenvalue weighted by molar-refractivity contribution is 5.93. The Morgan fingerprint density at radius 3 is 3.00 bits per heavy atom. The SMILES string of the molecule is O=C(NCC12CCCC=C1N(CC1CC1)C(=O)CC2)c1cccnc1. The van der Waals surface area contributed by atoms with Crippen LogP contribution in [0.15, 0.2) is 36.3 Å². The number of allylic oxidation sites excluding steroid dienone is 1. The zero-order valence-corrected chi connectivity index (χ0v) is 14.5. The highest BCUT2D eigenvalue weighted by atomic mass is 16.2. The summed E-state index contributed by atoms with van der Waals surface area (Å²) in [5, 5.41) is 3.11. The van der Waals surface area contributed by atoms with Gasteiger partial charge in [0.05, 0.1) is 5.56 Å². The van der Waals surface area contributed by atoms with E-state index in [1.54, 1.807) is 24.5 Å². The minimum Gasteiger partial charge on any atom is -0.351 e. The number of nitrogens with one attached hydrogen (secondary N) is 1. The molecule has 132 valence electrons. The molecule has 0 spiro atoms. The van der Waals surface area contributed by atoms with Gasteiger partial charge in [-0.1, -0.05) is 6.08 Å². The number of rotatable bonds is 5. The normalized spacial score (nSPS) is 26.0. The van der Waals surface area contributed by atoms with E-state index in [-0.39, 0.29) is 17.2 Å². The quantitative estimate of drug-likeness (QED) is 0.897. The number of aromatic nitrogens is 1. The first-order valence-electron chi connectivity index (χ1n) is 9.37. The van der Waals surface area contributed by atoms with Crippen molar-refractivity contribution in [2.45, 2.75) is 44.9 Å². The van der Waals surface area contributed by atoms with Gasteiger partial charge in [-0.15, -0.1) is 0 Å². The summed E-state index contributed by atoms with van der Waals surface area (Å²) in [6.07, 6.45) is 12.6. The zero-order chi connectivity index (χ0) is 17.3. The molecule has 5 nitrogen and oxygen atoms in total. The molecule has 1 saturated carbocycles. The molecular formula is C20H25N3O2. The number of hydrogen-bond donors (Lipinski definition) is 1. The molecule has 0 bridgehead atoms. The summed E-state index contributed by atoms with van der Waals surface area (Å²) in [4.78, 5) is 31.0. The summed E-state index contributed by atoms with van der Waals surface area (Å²) in [6, 6.07) is 3.55. The maximum Gasteiger partial charge on any atom is 0.252 e. The molecule has 2 amide bonds. The molecule has 5 heteroatoms. The van der Waals surface area contributed by atoms with Gasteiger partial charge in [-0.05, 0) is 56.6 Å². The van der Waals surface area contributed by atoms with Crippen LogP contribution in [0.2, 0.25) is 0 Å². The minimum absolute atomic E-state index is 0.0844. The first-order chi connectivity index (χ1) is 12.2. The van der Waals surface area contributed by atoms with Gasteiger partial charge < -0.3 is 10.2 Å². The molecule has 1 saturated heterocycles. The Morgan fingerprint density at radius 2 is 2.24 bits per heavy atom. The minimum atomic E-state index is -0.0851. The van der Waals surface area contributed by atoms with Gasteiger partial charge in [0.25, 0.3) is 5.91 Å². The zero-order valence-electron chi connectivity index (χ0n) is 14.5. The van der Waals surface area contributed by atoms with Crippen LogP contribution in [0, 0.1) is 11.3 Å². The van der Waals surface area contributed by atoms with E-state index in [1.807, 2.05) is 4.90 Å². The Morgan fingerprint density at radius 1 is 1.36 bits per heavy atom. The van der Waals surface area contributed by atoms with Crippen LogP contribution in [0.1, 0.15) is 55.3 Å². The molecule has 4 rings (SSSR count). The fourth-order valence-corrected chi connectivity index (χ4v) is 4.16. The van der Waals surface area contributed by atoms with Crippen LogP contribution in [0.4, 0.5) is 0 Å². The lowest BCUT2D eigenvalue weighted by atomic mass is 9.69. The number of carbonyl (C=O) groups excluding carboxylic acids is 2. The fourth-order valence-electron chi connectivity index (χ4n) is 4.16. The van der Waals surface area contributed by atoms with Crippen molar-refractivity contribution in [2.75, 3.05) is 13.1 Å². The third-order valence-electron chi connectivity index (χ3n) is 5.80. The lowest BCUT2D eigenvalue weighted by Gasteiger charge is -2.47. The topological polar surface area (TPSA) is 62.3 Å². The molecule has 3 aliphatic rings. The predicted molar refractivity (Wildman–Crippen MR) is 94.6 cm³/mol. The van der Waals surface area contributed by atoms with Crippen LogP contribution < -0.4 is 5.32 Å². The molecule has 1 unspecified atom stereocenters. The Hall–Kier alpha value is -2.17. The Bertz CT molecular complexity index is 696. The van der Waals surface area contributed by atoms with Gasteiger partial charge in [0.15, 0.2) is 0 Å². The number of nitrogens with zero attached hydrogens (tertiary/aromatic N) is 2. The first-order valence-corrected chi connectivity index (χ1v) is 9.37. The summed E-state index contributed by atoms with van der Waals surface area (Å²) in [7, 11) is 0. The van der Waals surface area contributed by atoms with E-state index in [9.17, 15) is 9.59 Å². The van der Waals surface area contributed by atoms with Gasteiger partial charge in [0.1, 0.15) is 0 Å². The van der Waals surface area contributed by atoms with Crippen LogP contribution in [0.5, 0.6) is 0 Å². The van der Waals surface area contributed by atoms with Crippen molar-refractivity contribution in [1.82, 2.24) is 15.2 Å². The van der Waals surface area contributed by atoms with E-state index < -0.39 is 0 Å². The average molecular weight is 339 g/mol. The molecule has 1 atom stereocenters. The molecule has 1 aliphatic heterocycles. The third kappa shape index (κ3) is 3.32. The Kier molecular flexibility index (Phi) is 4.32. The lowest BCUT2D eigenvalue weighted by Crippen LogP contribution is -2.51. The number of likely N-dealkylation sites (tertiary alicyclic amines) is 1. The molecule has 1 aromatic heterocycles. The number of amides is 2. The highest BCUT2D eigenvalue weighted by Crippen LogP contribution is 2.47. The van der Waals surface area contributed by atoms with E-state index in [4.69, 9.17) is 0 Å². The first kappa shape index (κ1) is 16.3. The summed E-state index contributed by atoms with van der Waals surface area (Å²) in [5.74, 6) is 0.847. The largest absolute Gasteiger partial charge is 0.351 e. The smallest absolute Gasteiger partial charge is 0.252 e. The summed E-state index contributed by atoms with van der Waals surface area (Å²) >= 11 is 0. The van der Waals surface area contributed by atoms with Crippen molar-refractivity contribution in [3.8, 4) is 0 Å². The van der Waals surface area contributed by atoms with E-state index in [2.05, 4.69) is 16.4 Å². The van der Waals surface area contributed by atoms with Crippen LogP contribution in [0.25, 0.3) is 0 Å². The molecule has 2 heterocycles. The van der Waals surface area contributed by atoms with Gasteiger partial charge in [0, 0.05) is 43.0 Å². The fraction of sp³-hybridized carbons (Fsp3) is 0.550. The molecule has 25 heavy (non-hydrogen) atoms. The highest BCUT2D eigenvalue weighted by Gasteiger charge is 2.45. The predicted octanol–water partition coefficient (Wildman–Crippen LogP) is 2.90. The van der Waals surface area contributed by atoms with Crippen LogP contribution >= 0.6 is 0 Å². The Labute approximate surface area is 148 Å². The molecule has 1 N–H and O–H groups in total. The molecule has 2 fully saturated rings. The van der Waals surface area contributed by atoms with Crippen molar-refractivity contribution >= 4 is 11.8 Å². The lowest BCUT2D eigenvalue weighted by molar-refractivity contribution is -0.134. The van der Waals surface area contributed by atoms with Gasteiger partial charge >= 0.3 is 0 Å². The van der Waals surface area contributed by atoms with E-state index in [1.165, 1.54) is 18.5 Å². The summed E-state index contributed by atoms with van der Waals surface area (Å²) in [6.45, 7) is 1.46. The van der Waals surface area contributed by atoms with Gasteiger partial charge in [-0.3, -0.25) is 14.6 Å². The monoisotopic (exact) mass is 339 g/mol. The second kappa shape index (κ2) is 6.62. The molecule has 0 aromatic carbocycles. The second-order valence-electron chi connectivity index (χ2n) is 7.63. The van der Waals surface area contributed by atoms with E-state index >= 15 is 0 Å². The van der Waals surface area contributed by atoms with Crippen LogP contribution in [-0.2, 0) is 4.79 Å². The van der Waals surface area contributed by atoms with E-state index in [0.29, 0.717) is 24.4 Å². The number of fused-ring (bicyclic) bond motifs is 1. The average Bonchev–Trinajstić information content (AvgIpc) is 3.47. The number of carbonyl (C=O) groups is 2. The van der Waals surface area contributed by atoms with Crippen molar-refractivity contribution in [3.05, 3.63) is 41.9 Å². The van der Waals surface area contributed by atoms with Crippen LogP contribution in [0.3, 0.4) is 0 Å². The van der Waals surface area contributed by atoms with Gasteiger partial charge in [0.2, 0.25) is 5.91 Å².